The van der Waals surface area contributed by atoms with Crippen LogP contribution in [0.4, 0.5) is 0 Å². The summed E-state index contributed by atoms with van der Waals surface area (Å²) in [6.45, 7) is 7.99. The van der Waals surface area contributed by atoms with E-state index in [1.165, 1.54) is 0 Å². The first kappa shape index (κ1) is 8.40. The van der Waals surface area contributed by atoms with Gasteiger partial charge in [0, 0.05) is 12.1 Å². The fraction of sp³-hybridized carbons (Fsp3) is 0.750. The molecule has 1 rings (SSSR count). The average molecular weight is 153 g/mol. The lowest BCUT2D eigenvalue weighted by Crippen LogP contribution is -2.36. The normalized spacial score (nSPS) is 17.2. The topological polar surface area (TPSA) is 36.8 Å². The fourth-order valence-electron chi connectivity index (χ4n) is 0.782. The second-order valence-electron chi connectivity index (χ2n) is 3.72. The summed E-state index contributed by atoms with van der Waals surface area (Å²) in [5, 5.41) is 11.2. The van der Waals surface area contributed by atoms with Crippen molar-refractivity contribution in [2.75, 3.05) is 13.1 Å². The van der Waals surface area contributed by atoms with Crippen LogP contribution in [0.25, 0.3) is 0 Å². The van der Waals surface area contributed by atoms with Crippen LogP contribution in [0.5, 0.6) is 0 Å². The predicted molar refractivity (Wildman–Crippen MR) is 45.6 cm³/mol. The minimum atomic E-state index is 0.166. The third-order valence-electron chi connectivity index (χ3n) is 1.41. The van der Waals surface area contributed by atoms with Crippen molar-refractivity contribution in [1.29, 1.82) is 0 Å². The molecule has 1 aliphatic rings. The molecule has 1 N–H and O–H groups in total. The SMILES string of the molecule is CC(C)(C)NCC1=CCN=N1. The number of hydrogen-bond donors (Lipinski definition) is 1. The second-order valence-corrected chi connectivity index (χ2v) is 3.72. The van der Waals surface area contributed by atoms with Crippen molar-refractivity contribution >= 4 is 0 Å². The van der Waals surface area contributed by atoms with E-state index in [0.29, 0.717) is 0 Å². The Kier molecular flexibility index (Phi) is 2.39. The molecule has 3 nitrogen and oxygen atoms in total. The van der Waals surface area contributed by atoms with Crippen molar-refractivity contribution in [1.82, 2.24) is 5.32 Å². The van der Waals surface area contributed by atoms with Gasteiger partial charge in [0.25, 0.3) is 0 Å². The van der Waals surface area contributed by atoms with E-state index in [2.05, 4.69) is 36.3 Å². The van der Waals surface area contributed by atoms with Crippen molar-refractivity contribution in [3.63, 3.8) is 0 Å². The van der Waals surface area contributed by atoms with Crippen LogP contribution in [-0.2, 0) is 0 Å². The maximum Gasteiger partial charge on any atom is 0.0805 e. The molecule has 3 heteroatoms. The quantitative estimate of drug-likeness (QED) is 0.644. The molecule has 0 spiro atoms. The highest BCUT2D eigenvalue weighted by molar-refractivity contribution is 5.06. The Balaban J connectivity index is 2.28. The first-order valence-corrected chi connectivity index (χ1v) is 3.89. The van der Waals surface area contributed by atoms with Gasteiger partial charge in [-0.3, -0.25) is 0 Å². The van der Waals surface area contributed by atoms with E-state index < -0.39 is 0 Å². The van der Waals surface area contributed by atoms with E-state index in [0.717, 1.165) is 18.8 Å². The Labute approximate surface area is 67.6 Å². The van der Waals surface area contributed by atoms with Gasteiger partial charge >= 0.3 is 0 Å². The summed E-state index contributed by atoms with van der Waals surface area (Å²) in [6, 6.07) is 0. The third kappa shape index (κ3) is 3.28. The molecule has 0 aromatic heterocycles. The molecular weight excluding hydrogens is 138 g/mol. The Bertz CT molecular complexity index is 186. The van der Waals surface area contributed by atoms with E-state index in [1.54, 1.807) is 0 Å². The summed E-state index contributed by atoms with van der Waals surface area (Å²) in [5.74, 6) is 0. The van der Waals surface area contributed by atoms with E-state index in [9.17, 15) is 0 Å². The first-order chi connectivity index (χ1) is 5.08. The molecule has 0 radical (unpaired) electrons. The average Bonchev–Trinajstić information content (AvgIpc) is 2.32. The zero-order valence-corrected chi connectivity index (χ0v) is 7.39. The van der Waals surface area contributed by atoms with Crippen LogP contribution in [0.1, 0.15) is 20.8 Å². The van der Waals surface area contributed by atoms with Gasteiger partial charge in [-0.2, -0.15) is 10.2 Å². The van der Waals surface area contributed by atoms with Gasteiger partial charge < -0.3 is 5.32 Å². The highest BCUT2D eigenvalue weighted by Gasteiger charge is 2.09. The Hall–Kier alpha value is -0.700. The molecule has 0 fully saturated rings. The molecule has 0 saturated carbocycles. The number of nitrogens with zero attached hydrogens (tertiary/aromatic N) is 2. The number of hydrogen-bond acceptors (Lipinski definition) is 3. The Morgan fingerprint density at radius 2 is 2.27 bits per heavy atom. The van der Waals surface area contributed by atoms with Gasteiger partial charge in [-0.25, -0.2) is 0 Å². The van der Waals surface area contributed by atoms with Crippen LogP contribution in [0.2, 0.25) is 0 Å². The lowest BCUT2D eigenvalue weighted by Gasteiger charge is -2.19. The summed E-state index contributed by atoms with van der Waals surface area (Å²) in [6.07, 6.45) is 2.04. The largest absolute Gasteiger partial charge is 0.306 e. The summed E-state index contributed by atoms with van der Waals surface area (Å²) in [5.41, 5.74) is 1.22. The van der Waals surface area contributed by atoms with Crippen molar-refractivity contribution < 1.29 is 0 Å². The standard InChI is InChI=1S/C8H15N3/c1-8(2,3)9-6-7-4-5-10-11-7/h4,9H,5-6H2,1-3H3. The van der Waals surface area contributed by atoms with Crippen molar-refractivity contribution in [3.05, 3.63) is 11.8 Å². The molecule has 0 unspecified atom stereocenters. The van der Waals surface area contributed by atoms with Crippen LogP contribution in [0, 0.1) is 0 Å². The van der Waals surface area contributed by atoms with E-state index in [-0.39, 0.29) is 5.54 Å². The number of rotatable bonds is 2. The summed E-state index contributed by atoms with van der Waals surface area (Å²) >= 11 is 0. The van der Waals surface area contributed by atoms with Gasteiger partial charge in [0.05, 0.1) is 12.2 Å². The lowest BCUT2D eigenvalue weighted by molar-refractivity contribution is 0.443. The van der Waals surface area contributed by atoms with Crippen LogP contribution in [0.15, 0.2) is 22.0 Å². The monoisotopic (exact) mass is 153 g/mol. The number of nitrogens with one attached hydrogen (secondary N) is 1. The molecule has 1 aliphatic heterocycles. The van der Waals surface area contributed by atoms with Crippen LogP contribution < -0.4 is 5.32 Å². The first-order valence-electron chi connectivity index (χ1n) is 3.89. The molecule has 0 bridgehead atoms. The van der Waals surface area contributed by atoms with Gasteiger partial charge in [0.15, 0.2) is 0 Å². The summed E-state index contributed by atoms with van der Waals surface area (Å²) in [4.78, 5) is 0. The molecular formula is C8H15N3. The summed E-state index contributed by atoms with van der Waals surface area (Å²) < 4.78 is 0. The van der Waals surface area contributed by atoms with Gasteiger partial charge in [0.2, 0.25) is 0 Å². The maximum atomic E-state index is 3.96. The highest BCUT2D eigenvalue weighted by Crippen LogP contribution is 2.06. The minimum absolute atomic E-state index is 0.166. The van der Waals surface area contributed by atoms with Crippen LogP contribution in [-0.4, -0.2) is 18.6 Å². The molecule has 0 saturated heterocycles. The molecule has 0 amide bonds. The lowest BCUT2D eigenvalue weighted by atomic mass is 10.1. The van der Waals surface area contributed by atoms with Crippen molar-refractivity contribution in [3.8, 4) is 0 Å². The molecule has 62 valence electrons. The smallest absolute Gasteiger partial charge is 0.0805 e. The molecule has 0 atom stereocenters. The molecule has 0 aliphatic carbocycles. The maximum absolute atomic E-state index is 3.96. The molecule has 0 aromatic rings. The summed E-state index contributed by atoms with van der Waals surface area (Å²) in [7, 11) is 0. The molecule has 1 heterocycles. The van der Waals surface area contributed by atoms with Crippen LogP contribution >= 0.6 is 0 Å². The van der Waals surface area contributed by atoms with Crippen LogP contribution in [0.3, 0.4) is 0 Å². The van der Waals surface area contributed by atoms with Crippen molar-refractivity contribution in [2.24, 2.45) is 10.2 Å². The zero-order chi connectivity index (χ0) is 8.32. The zero-order valence-electron chi connectivity index (χ0n) is 7.39. The van der Waals surface area contributed by atoms with E-state index >= 15 is 0 Å². The van der Waals surface area contributed by atoms with Gasteiger partial charge in [0.1, 0.15) is 0 Å². The van der Waals surface area contributed by atoms with Gasteiger partial charge in [-0.05, 0) is 26.8 Å². The predicted octanol–water partition coefficient (Wildman–Crippen LogP) is 1.72. The molecule has 0 aromatic carbocycles. The van der Waals surface area contributed by atoms with E-state index in [1.807, 2.05) is 6.08 Å². The van der Waals surface area contributed by atoms with Gasteiger partial charge in [-0.15, -0.1) is 0 Å². The number of azo groups is 1. The van der Waals surface area contributed by atoms with E-state index in [4.69, 9.17) is 0 Å². The minimum Gasteiger partial charge on any atom is -0.306 e. The van der Waals surface area contributed by atoms with Gasteiger partial charge in [-0.1, -0.05) is 0 Å². The fourth-order valence-corrected chi connectivity index (χ4v) is 0.782. The Morgan fingerprint density at radius 3 is 2.73 bits per heavy atom. The molecule has 11 heavy (non-hydrogen) atoms. The third-order valence-corrected chi connectivity index (χ3v) is 1.41. The Morgan fingerprint density at radius 1 is 1.55 bits per heavy atom. The highest BCUT2D eigenvalue weighted by atomic mass is 15.1. The second kappa shape index (κ2) is 3.13. The van der Waals surface area contributed by atoms with Crippen molar-refractivity contribution in [2.45, 2.75) is 26.3 Å².